The highest BCUT2D eigenvalue weighted by molar-refractivity contribution is 7.22. The molecule has 1 aromatic carbocycles. The van der Waals surface area contributed by atoms with Gasteiger partial charge in [-0.3, -0.25) is 5.01 Å². The van der Waals surface area contributed by atoms with E-state index in [1.165, 1.54) is 4.70 Å². The van der Waals surface area contributed by atoms with Crippen molar-refractivity contribution in [3.63, 3.8) is 0 Å². The van der Waals surface area contributed by atoms with Crippen molar-refractivity contribution in [3.8, 4) is 0 Å². The average Bonchev–Trinajstić information content (AvgIpc) is 2.86. The van der Waals surface area contributed by atoms with Crippen LogP contribution >= 0.6 is 11.3 Å². The number of hydrogen-bond donors (Lipinski definition) is 1. The molecule has 19 heavy (non-hydrogen) atoms. The molecule has 0 aliphatic carbocycles. The Balaban J connectivity index is 2.15. The number of benzene rings is 1. The van der Waals surface area contributed by atoms with Gasteiger partial charge in [-0.2, -0.15) is 0 Å². The number of hydrogen-bond acceptors (Lipinski definition) is 4. The first kappa shape index (κ1) is 13.8. The highest BCUT2D eigenvalue weighted by Gasteiger charge is 2.10. The molecule has 2 rings (SSSR count). The van der Waals surface area contributed by atoms with E-state index in [4.69, 9.17) is 0 Å². The van der Waals surface area contributed by atoms with Gasteiger partial charge in [0.2, 0.25) is 5.13 Å². The minimum Gasteiger partial charge on any atom is -0.283 e. The Hall–Kier alpha value is -1.65. The topological polar surface area (TPSA) is 28.2 Å². The predicted octanol–water partition coefficient (Wildman–Crippen LogP) is 3.76. The van der Waals surface area contributed by atoms with Gasteiger partial charge in [-0.05, 0) is 25.0 Å². The minimum atomic E-state index is 0.872. The third-order valence-corrected chi connectivity index (χ3v) is 3.78. The molecule has 1 aromatic heterocycles. The molecule has 1 heterocycles. The van der Waals surface area contributed by atoms with E-state index in [0.717, 1.165) is 36.6 Å². The molecule has 0 amide bonds. The lowest BCUT2D eigenvalue weighted by Crippen LogP contribution is -2.39. The number of nitrogens with one attached hydrogen (secondary N) is 1. The maximum absolute atomic E-state index is 4.67. The third-order valence-electron chi connectivity index (χ3n) is 2.72. The maximum atomic E-state index is 4.67. The van der Waals surface area contributed by atoms with E-state index < -0.39 is 0 Å². The van der Waals surface area contributed by atoms with Crippen molar-refractivity contribution in [2.75, 3.05) is 18.1 Å². The summed E-state index contributed by atoms with van der Waals surface area (Å²) in [7, 11) is 0. The molecular formula is C15H19N3S. The van der Waals surface area contributed by atoms with Gasteiger partial charge in [-0.15, -0.1) is 13.2 Å². The Morgan fingerprint density at radius 2 is 2.00 bits per heavy atom. The molecule has 3 nitrogen and oxygen atoms in total. The van der Waals surface area contributed by atoms with E-state index in [1.54, 1.807) is 11.3 Å². The molecule has 0 saturated heterocycles. The quantitative estimate of drug-likeness (QED) is 0.451. The lowest BCUT2D eigenvalue weighted by molar-refractivity contribution is 0.627. The van der Waals surface area contributed by atoms with Crippen LogP contribution in [0, 0.1) is 0 Å². The van der Waals surface area contributed by atoms with Crippen LogP contribution in [0.15, 0.2) is 49.6 Å². The number of para-hydroxylation sites is 1. The van der Waals surface area contributed by atoms with Crippen LogP contribution in [-0.2, 0) is 0 Å². The summed E-state index contributed by atoms with van der Waals surface area (Å²) >= 11 is 1.71. The van der Waals surface area contributed by atoms with Crippen molar-refractivity contribution in [2.45, 2.75) is 12.8 Å². The molecule has 0 saturated carbocycles. The molecule has 0 spiro atoms. The van der Waals surface area contributed by atoms with Gasteiger partial charge in [0, 0.05) is 13.1 Å². The molecule has 4 heteroatoms. The van der Waals surface area contributed by atoms with E-state index in [1.807, 2.05) is 30.4 Å². The van der Waals surface area contributed by atoms with Gasteiger partial charge in [0.15, 0.2) is 0 Å². The maximum Gasteiger partial charge on any atom is 0.200 e. The van der Waals surface area contributed by atoms with Gasteiger partial charge < -0.3 is 0 Å². The molecule has 100 valence electrons. The predicted molar refractivity (Wildman–Crippen MR) is 84.6 cm³/mol. The van der Waals surface area contributed by atoms with Crippen LogP contribution in [0.2, 0.25) is 0 Å². The lowest BCUT2D eigenvalue weighted by atomic mass is 10.3. The zero-order valence-electron chi connectivity index (χ0n) is 11.0. The van der Waals surface area contributed by atoms with Crippen molar-refractivity contribution >= 4 is 26.7 Å². The van der Waals surface area contributed by atoms with E-state index in [0.29, 0.717) is 0 Å². The van der Waals surface area contributed by atoms with E-state index in [2.05, 4.69) is 34.6 Å². The van der Waals surface area contributed by atoms with E-state index in [-0.39, 0.29) is 0 Å². The standard InChI is InChI=1S/C15H19N3S/c1-3-5-11-16-18(12-6-4-2)15-17-13-9-7-8-10-14(13)19-15/h3-4,7-10,16H,1-2,5-6,11-12H2. The van der Waals surface area contributed by atoms with Crippen LogP contribution in [0.25, 0.3) is 10.2 Å². The first-order valence-electron chi connectivity index (χ1n) is 6.43. The number of thiazole rings is 1. The second-order valence-corrected chi connectivity index (χ2v) is 5.19. The summed E-state index contributed by atoms with van der Waals surface area (Å²) in [4.78, 5) is 4.67. The van der Waals surface area contributed by atoms with Gasteiger partial charge in [0.25, 0.3) is 0 Å². The molecule has 0 unspecified atom stereocenters. The SMILES string of the molecule is C=CCCNN(CCC=C)c1nc2ccccc2s1. The van der Waals surface area contributed by atoms with Gasteiger partial charge in [0.1, 0.15) is 0 Å². The zero-order valence-corrected chi connectivity index (χ0v) is 11.8. The summed E-state index contributed by atoms with van der Waals surface area (Å²) in [6.07, 6.45) is 5.71. The number of fused-ring (bicyclic) bond motifs is 1. The van der Waals surface area contributed by atoms with E-state index in [9.17, 15) is 0 Å². The summed E-state index contributed by atoms with van der Waals surface area (Å²) in [5.41, 5.74) is 4.45. The molecule has 0 radical (unpaired) electrons. The van der Waals surface area contributed by atoms with Crippen LogP contribution in [0.4, 0.5) is 5.13 Å². The number of nitrogens with zero attached hydrogens (tertiary/aromatic N) is 2. The first-order valence-corrected chi connectivity index (χ1v) is 7.25. The highest BCUT2D eigenvalue weighted by atomic mass is 32.1. The van der Waals surface area contributed by atoms with Crippen LogP contribution < -0.4 is 10.4 Å². The molecular weight excluding hydrogens is 254 g/mol. The van der Waals surface area contributed by atoms with Crippen LogP contribution in [0.5, 0.6) is 0 Å². The van der Waals surface area contributed by atoms with Crippen molar-refractivity contribution in [2.24, 2.45) is 0 Å². The summed E-state index contributed by atoms with van der Waals surface area (Å²) in [6.45, 7) is 9.26. The fourth-order valence-electron chi connectivity index (χ4n) is 1.74. The summed E-state index contributed by atoms with van der Waals surface area (Å²) in [5.74, 6) is 0. The van der Waals surface area contributed by atoms with Crippen molar-refractivity contribution in [1.29, 1.82) is 0 Å². The normalized spacial score (nSPS) is 10.5. The molecule has 0 atom stereocenters. The number of rotatable bonds is 8. The summed E-state index contributed by atoms with van der Waals surface area (Å²) < 4.78 is 1.21. The highest BCUT2D eigenvalue weighted by Crippen LogP contribution is 2.27. The fraction of sp³-hybridized carbons (Fsp3) is 0.267. The summed E-state index contributed by atoms with van der Waals surface area (Å²) in [5, 5.41) is 3.11. The van der Waals surface area contributed by atoms with Crippen LogP contribution in [0.3, 0.4) is 0 Å². The van der Waals surface area contributed by atoms with Gasteiger partial charge in [0.05, 0.1) is 10.2 Å². The Kier molecular flexibility index (Phi) is 5.12. The molecule has 0 fully saturated rings. The molecule has 0 aliphatic rings. The average molecular weight is 273 g/mol. The Morgan fingerprint density at radius 1 is 1.21 bits per heavy atom. The molecule has 2 aromatic rings. The largest absolute Gasteiger partial charge is 0.283 e. The first-order chi connectivity index (χ1) is 9.35. The van der Waals surface area contributed by atoms with Crippen molar-refractivity contribution < 1.29 is 0 Å². The second kappa shape index (κ2) is 7.07. The smallest absolute Gasteiger partial charge is 0.200 e. The number of aromatic nitrogens is 1. The van der Waals surface area contributed by atoms with Crippen molar-refractivity contribution in [1.82, 2.24) is 10.4 Å². The molecule has 1 N–H and O–H groups in total. The van der Waals surface area contributed by atoms with Gasteiger partial charge in [-0.1, -0.05) is 35.6 Å². The van der Waals surface area contributed by atoms with Gasteiger partial charge >= 0.3 is 0 Å². The lowest BCUT2D eigenvalue weighted by Gasteiger charge is -2.21. The van der Waals surface area contributed by atoms with Crippen LogP contribution in [-0.4, -0.2) is 18.1 Å². The Labute approximate surface area is 118 Å². The monoisotopic (exact) mass is 273 g/mol. The van der Waals surface area contributed by atoms with Crippen LogP contribution in [0.1, 0.15) is 12.8 Å². The van der Waals surface area contributed by atoms with Gasteiger partial charge in [-0.25, -0.2) is 10.4 Å². The fourth-order valence-corrected chi connectivity index (χ4v) is 2.71. The molecule has 0 aliphatic heterocycles. The second-order valence-electron chi connectivity index (χ2n) is 4.18. The Bertz CT molecular complexity index is 514. The third kappa shape index (κ3) is 3.66. The minimum absolute atomic E-state index is 0.872. The summed E-state index contributed by atoms with van der Waals surface area (Å²) in [6, 6.07) is 8.21. The number of anilines is 1. The van der Waals surface area contributed by atoms with Crippen molar-refractivity contribution in [3.05, 3.63) is 49.6 Å². The van der Waals surface area contributed by atoms with E-state index >= 15 is 0 Å². The molecule has 0 bridgehead atoms. The zero-order chi connectivity index (χ0) is 13.5. The Morgan fingerprint density at radius 3 is 2.74 bits per heavy atom. The number of hydrazine groups is 1.